The molecular formula is C18H25ClFN3O3. The largest absolute Gasteiger partial charge is 0.395 e. The quantitative estimate of drug-likeness (QED) is 0.538. The molecule has 6 nitrogen and oxygen atoms in total. The molecule has 0 aliphatic carbocycles. The molecule has 1 aromatic rings. The molecule has 4 N–H and O–H groups in total. The zero-order valence-electron chi connectivity index (χ0n) is 14.7. The molecule has 0 amide bonds. The maximum atomic E-state index is 14.3. The summed E-state index contributed by atoms with van der Waals surface area (Å²) >= 11 is 5.82. The molecule has 0 bridgehead atoms. The fourth-order valence-corrected chi connectivity index (χ4v) is 3.50. The number of aliphatic hydroxyl groups excluding tert-OH is 2. The Morgan fingerprint density at radius 1 is 1.46 bits per heavy atom. The molecule has 0 spiro atoms. The molecule has 1 heterocycles. The fraction of sp³-hybridized carbons (Fsp3) is 0.611. The van der Waals surface area contributed by atoms with Crippen molar-refractivity contribution in [3.05, 3.63) is 29.0 Å². The van der Waals surface area contributed by atoms with Crippen LogP contribution in [0.4, 0.5) is 10.1 Å². The molecule has 1 fully saturated rings. The summed E-state index contributed by atoms with van der Waals surface area (Å²) < 4.78 is 14.3. The molecular weight excluding hydrogens is 361 g/mol. The van der Waals surface area contributed by atoms with Crippen LogP contribution >= 0.6 is 11.6 Å². The number of nitriles is 1. The summed E-state index contributed by atoms with van der Waals surface area (Å²) in [7, 11) is 0. The highest BCUT2D eigenvalue weighted by Gasteiger charge is 2.40. The zero-order chi connectivity index (χ0) is 19.3. The van der Waals surface area contributed by atoms with Gasteiger partial charge in [-0.3, -0.25) is 0 Å². The van der Waals surface area contributed by atoms with Crippen molar-refractivity contribution >= 4 is 17.3 Å². The summed E-state index contributed by atoms with van der Waals surface area (Å²) in [5, 5.41) is 41.6. The summed E-state index contributed by atoms with van der Waals surface area (Å²) in [5.41, 5.74) is -0.835. The summed E-state index contributed by atoms with van der Waals surface area (Å²) in [5.74, 6) is -0.789. The Hall–Kier alpha value is -1.43. The second kappa shape index (κ2) is 8.98. The molecule has 1 saturated heterocycles. The summed E-state index contributed by atoms with van der Waals surface area (Å²) in [6, 6.07) is 5.80. The van der Waals surface area contributed by atoms with Crippen LogP contribution in [0.5, 0.6) is 0 Å². The van der Waals surface area contributed by atoms with Crippen molar-refractivity contribution in [3.8, 4) is 6.07 Å². The first-order valence-electron chi connectivity index (χ1n) is 8.60. The first-order valence-corrected chi connectivity index (χ1v) is 8.98. The van der Waals surface area contributed by atoms with Gasteiger partial charge in [0.15, 0.2) is 0 Å². The van der Waals surface area contributed by atoms with E-state index in [2.05, 4.69) is 11.4 Å². The molecule has 0 radical (unpaired) electrons. The summed E-state index contributed by atoms with van der Waals surface area (Å²) in [6.45, 7) is 1.76. The number of halogens is 2. The maximum absolute atomic E-state index is 14.3. The van der Waals surface area contributed by atoms with Crippen LogP contribution < -0.4 is 10.2 Å². The second-order valence-corrected chi connectivity index (χ2v) is 7.46. The molecule has 1 aliphatic rings. The number of aliphatic hydroxyl groups is 3. The van der Waals surface area contributed by atoms with Gasteiger partial charge < -0.3 is 25.5 Å². The normalized spacial score (nSPS) is 22.5. The van der Waals surface area contributed by atoms with Crippen molar-refractivity contribution in [3.63, 3.8) is 0 Å². The smallest absolute Gasteiger partial charge is 0.147 e. The van der Waals surface area contributed by atoms with Crippen molar-refractivity contribution in [1.29, 1.82) is 5.26 Å². The van der Waals surface area contributed by atoms with Gasteiger partial charge in [-0.05, 0) is 38.0 Å². The van der Waals surface area contributed by atoms with Crippen LogP contribution in [0.1, 0.15) is 19.8 Å². The monoisotopic (exact) mass is 385 g/mol. The van der Waals surface area contributed by atoms with Gasteiger partial charge in [0.25, 0.3) is 0 Å². The minimum absolute atomic E-state index is 0.129. The topological polar surface area (TPSA) is 99.7 Å². The number of hydrogen-bond donors (Lipinski definition) is 4. The van der Waals surface area contributed by atoms with Gasteiger partial charge >= 0.3 is 0 Å². The molecule has 144 valence electrons. The Morgan fingerprint density at radius 2 is 2.15 bits per heavy atom. The van der Waals surface area contributed by atoms with Gasteiger partial charge in [-0.1, -0.05) is 11.6 Å². The van der Waals surface area contributed by atoms with Crippen LogP contribution in [-0.2, 0) is 0 Å². The van der Waals surface area contributed by atoms with Crippen molar-refractivity contribution in [2.24, 2.45) is 5.92 Å². The minimum atomic E-state index is -1.20. The van der Waals surface area contributed by atoms with Gasteiger partial charge in [0.2, 0.25) is 0 Å². The highest BCUT2D eigenvalue weighted by atomic mass is 35.5. The zero-order valence-corrected chi connectivity index (χ0v) is 15.5. The highest BCUT2D eigenvalue weighted by molar-refractivity contribution is 6.30. The van der Waals surface area contributed by atoms with Gasteiger partial charge in [0.1, 0.15) is 5.82 Å². The van der Waals surface area contributed by atoms with E-state index in [0.29, 0.717) is 23.7 Å². The average molecular weight is 386 g/mol. The molecule has 3 atom stereocenters. The van der Waals surface area contributed by atoms with Crippen molar-refractivity contribution in [1.82, 2.24) is 5.32 Å². The summed E-state index contributed by atoms with van der Waals surface area (Å²) in [4.78, 5) is 1.81. The van der Waals surface area contributed by atoms with Crippen LogP contribution in [0.2, 0.25) is 5.02 Å². The molecule has 26 heavy (non-hydrogen) atoms. The minimum Gasteiger partial charge on any atom is -0.395 e. The maximum Gasteiger partial charge on any atom is 0.147 e. The predicted molar refractivity (Wildman–Crippen MR) is 97.5 cm³/mol. The summed E-state index contributed by atoms with van der Waals surface area (Å²) in [6.07, 6.45) is 0.826. The lowest BCUT2D eigenvalue weighted by atomic mass is 9.89. The van der Waals surface area contributed by atoms with E-state index in [0.717, 1.165) is 0 Å². The van der Waals surface area contributed by atoms with Crippen LogP contribution in [0.3, 0.4) is 0 Å². The SMILES string of the molecule is CC(O)(CNC(CO)CO)CC1C(C#N)CCN1c1ccc(Cl)cc1F. The van der Waals surface area contributed by atoms with Gasteiger partial charge in [-0.15, -0.1) is 0 Å². The molecule has 0 saturated carbocycles. The van der Waals surface area contributed by atoms with E-state index < -0.39 is 17.5 Å². The number of anilines is 1. The Kier molecular flexibility index (Phi) is 7.21. The molecule has 0 aromatic heterocycles. The first-order chi connectivity index (χ1) is 12.3. The third-order valence-corrected chi connectivity index (χ3v) is 5.03. The third kappa shape index (κ3) is 5.06. The van der Waals surface area contributed by atoms with Crippen molar-refractivity contribution < 1.29 is 19.7 Å². The molecule has 8 heteroatoms. The Morgan fingerprint density at radius 3 is 2.73 bits per heavy atom. The van der Waals surface area contributed by atoms with E-state index in [1.54, 1.807) is 19.1 Å². The van der Waals surface area contributed by atoms with Gasteiger partial charge in [-0.25, -0.2) is 4.39 Å². The van der Waals surface area contributed by atoms with Crippen LogP contribution in [0.15, 0.2) is 18.2 Å². The van der Waals surface area contributed by atoms with E-state index in [1.165, 1.54) is 6.07 Å². The van der Waals surface area contributed by atoms with E-state index in [4.69, 9.17) is 21.8 Å². The van der Waals surface area contributed by atoms with Crippen LogP contribution in [0.25, 0.3) is 0 Å². The first kappa shape index (κ1) is 20.9. The Balaban J connectivity index is 2.15. The lowest BCUT2D eigenvalue weighted by Crippen LogP contribution is -2.49. The lowest BCUT2D eigenvalue weighted by molar-refractivity contribution is 0.0336. The average Bonchev–Trinajstić information content (AvgIpc) is 2.97. The predicted octanol–water partition coefficient (Wildman–Crippen LogP) is 1.28. The Bertz CT molecular complexity index is 649. The van der Waals surface area contributed by atoms with Crippen molar-refractivity contribution in [2.45, 2.75) is 37.5 Å². The van der Waals surface area contributed by atoms with Crippen LogP contribution in [-0.4, -0.2) is 59.3 Å². The Labute approximate surface area is 157 Å². The molecule has 1 aromatic carbocycles. The highest BCUT2D eigenvalue weighted by Crippen LogP contribution is 2.36. The third-order valence-electron chi connectivity index (χ3n) is 4.79. The van der Waals surface area contributed by atoms with Gasteiger partial charge in [-0.2, -0.15) is 5.26 Å². The standard InChI is InChI=1S/C18H25ClFN3O3/c1-18(26,11-22-14(9-24)10-25)7-17-12(8-21)4-5-23(17)16-3-2-13(19)6-15(16)20/h2-3,6,12,14,17,22,24-26H,4-5,7,9-11H2,1H3. The van der Waals surface area contributed by atoms with E-state index in [-0.39, 0.29) is 38.1 Å². The fourth-order valence-electron chi connectivity index (χ4n) is 3.34. The lowest BCUT2D eigenvalue weighted by Gasteiger charge is -2.35. The van der Waals surface area contributed by atoms with Gasteiger partial charge in [0, 0.05) is 24.2 Å². The second-order valence-electron chi connectivity index (χ2n) is 7.02. The van der Waals surface area contributed by atoms with Crippen molar-refractivity contribution in [2.75, 3.05) is 31.2 Å². The van der Waals surface area contributed by atoms with Gasteiger partial charge in [0.05, 0.1) is 42.5 Å². The van der Waals surface area contributed by atoms with E-state index in [9.17, 15) is 14.8 Å². The van der Waals surface area contributed by atoms with E-state index >= 15 is 0 Å². The van der Waals surface area contributed by atoms with Crippen LogP contribution in [0, 0.1) is 23.1 Å². The number of benzene rings is 1. The van der Waals surface area contributed by atoms with E-state index in [1.807, 2.05) is 4.90 Å². The molecule has 2 rings (SSSR count). The molecule has 3 unspecified atom stereocenters. The number of hydrogen-bond acceptors (Lipinski definition) is 6. The molecule has 1 aliphatic heterocycles. The number of rotatable bonds is 8. The number of nitrogens with one attached hydrogen (secondary N) is 1. The number of nitrogens with zero attached hydrogens (tertiary/aromatic N) is 2.